The van der Waals surface area contributed by atoms with Crippen LogP contribution in [-0.2, 0) is 6.18 Å². The van der Waals surface area contributed by atoms with Gasteiger partial charge in [-0.2, -0.15) is 13.2 Å². The fraction of sp³-hybridized carbons (Fsp3) is 0.0667. The number of nitrogens with zero attached hydrogens (tertiary/aromatic N) is 4. The minimum Gasteiger partial charge on any atom is -0.277 e. The lowest BCUT2D eigenvalue weighted by atomic mass is 9.99. The Labute approximate surface area is 136 Å². The third kappa shape index (κ3) is 2.70. The number of pyridine rings is 1. The Bertz CT molecular complexity index is 1040. The maximum Gasteiger partial charge on any atom is 0.417 e. The Morgan fingerprint density at radius 3 is 2.62 bits per heavy atom. The smallest absolute Gasteiger partial charge is 0.277 e. The van der Waals surface area contributed by atoms with Crippen molar-refractivity contribution in [2.24, 2.45) is 5.11 Å². The molecule has 0 saturated heterocycles. The first-order valence-corrected chi connectivity index (χ1v) is 7.38. The maximum atomic E-state index is 13.3. The van der Waals surface area contributed by atoms with Crippen LogP contribution in [0.25, 0.3) is 31.8 Å². The van der Waals surface area contributed by atoms with Gasteiger partial charge in [-0.25, -0.2) is 0 Å². The van der Waals surface area contributed by atoms with Gasteiger partial charge < -0.3 is 0 Å². The molecule has 0 spiro atoms. The van der Waals surface area contributed by atoms with E-state index in [1.54, 1.807) is 12.1 Å². The second-order valence-corrected chi connectivity index (χ2v) is 5.71. The van der Waals surface area contributed by atoms with Crippen molar-refractivity contribution < 1.29 is 13.2 Å². The summed E-state index contributed by atoms with van der Waals surface area (Å²) >= 11 is 0.754. The van der Waals surface area contributed by atoms with Crippen molar-refractivity contribution in [2.75, 3.05) is 0 Å². The van der Waals surface area contributed by atoms with Crippen LogP contribution in [0, 0.1) is 0 Å². The Morgan fingerprint density at radius 2 is 1.92 bits per heavy atom. The Hall–Kier alpha value is -2.90. The fourth-order valence-corrected chi connectivity index (χ4v) is 3.25. The van der Waals surface area contributed by atoms with Crippen LogP contribution < -0.4 is 4.74 Å². The highest BCUT2D eigenvalue weighted by atomic mass is 32.1. The number of azide groups is 1. The topological polar surface area (TPSA) is 78.7 Å². The summed E-state index contributed by atoms with van der Waals surface area (Å²) in [4.78, 5) is 19.1. The molecule has 0 atom stereocenters. The van der Waals surface area contributed by atoms with Crippen molar-refractivity contribution in [3.63, 3.8) is 0 Å². The summed E-state index contributed by atoms with van der Waals surface area (Å²) in [5.74, 6) is 0. The van der Waals surface area contributed by atoms with Crippen molar-refractivity contribution in [3.05, 3.63) is 68.1 Å². The van der Waals surface area contributed by atoms with Crippen LogP contribution in [0.4, 0.5) is 18.9 Å². The van der Waals surface area contributed by atoms with Crippen LogP contribution >= 0.6 is 11.3 Å². The zero-order valence-electron chi connectivity index (χ0n) is 11.8. The van der Waals surface area contributed by atoms with E-state index in [-0.39, 0.29) is 22.3 Å². The van der Waals surface area contributed by atoms with Crippen molar-refractivity contribution in [2.45, 2.75) is 6.18 Å². The molecule has 0 N–H and O–H groups in total. The first-order valence-electron chi connectivity index (χ1n) is 6.57. The summed E-state index contributed by atoms with van der Waals surface area (Å²) < 4.78 is 39.6. The molecule has 0 aliphatic carbocycles. The minimum atomic E-state index is -4.65. The number of alkyl halides is 3. The zero-order chi connectivity index (χ0) is 17.3. The molecule has 0 fully saturated rings. The number of rotatable bonds is 2. The minimum absolute atomic E-state index is 0.187. The SMILES string of the molecule is [N-]=[N+]=Nc1c(-c2ccccc2C(F)(F)F)c(=O)sc2cccnc12. The highest BCUT2D eigenvalue weighted by molar-refractivity contribution is 7.16. The Kier molecular flexibility index (Phi) is 3.96. The number of benzene rings is 1. The lowest BCUT2D eigenvalue weighted by Gasteiger charge is -2.14. The molecule has 0 radical (unpaired) electrons. The van der Waals surface area contributed by atoms with E-state index in [1.807, 2.05) is 0 Å². The highest BCUT2D eigenvalue weighted by Gasteiger charge is 2.34. The van der Waals surface area contributed by atoms with Crippen LogP contribution in [0.5, 0.6) is 0 Å². The van der Waals surface area contributed by atoms with Crippen LogP contribution in [0.2, 0.25) is 0 Å². The highest BCUT2D eigenvalue weighted by Crippen LogP contribution is 2.41. The maximum absolute atomic E-state index is 13.3. The molecule has 0 aliphatic heterocycles. The number of fused-ring (bicyclic) bond motifs is 1. The predicted octanol–water partition coefficient (Wildman–Crippen LogP) is 5.28. The predicted molar refractivity (Wildman–Crippen MR) is 85.1 cm³/mol. The van der Waals surface area contributed by atoms with E-state index in [4.69, 9.17) is 5.53 Å². The molecule has 3 aromatic rings. The molecule has 5 nitrogen and oxygen atoms in total. The number of halogens is 3. The van der Waals surface area contributed by atoms with Crippen molar-refractivity contribution in [1.82, 2.24) is 4.98 Å². The number of hydrogen-bond donors (Lipinski definition) is 0. The van der Waals surface area contributed by atoms with E-state index < -0.39 is 16.5 Å². The summed E-state index contributed by atoms with van der Waals surface area (Å²) in [7, 11) is 0. The van der Waals surface area contributed by atoms with Crippen LogP contribution in [0.3, 0.4) is 0 Å². The molecule has 0 aliphatic rings. The second-order valence-electron chi connectivity index (χ2n) is 4.70. The summed E-state index contributed by atoms with van der Waals surface area (Å²) in [5.41, 5.74) is 7.17. The van der Waals surface area contributed by atoms with Gasteiger partial charge >= 0.3 is 6.18 Å². The van der Waals surface area contributed by atoms with Crippen molar-refractivity contribution in [1.29, 1.82) is 0 Å². The molecule has 2 heterocycles. The largest absolute Gasteiger partial charge is 0.417 e. The zero-order valence-corrected chi connectivity index (χ0v) is 12.6. The van der Waals surface area contributed by atoms with Gasteiger partial charge in [0, 0.05) is 11.1 Å². The monoisotopic (exact) mass is 348 g/mol. The summed E-state index contributed by atoms with van der Waals surface area (Å²) in [6.45, 7) is 0. The average Bonchev–Trinajstić information content (AvgIpc) is 2.54. The first-order chi connectivity index (χ1) is 11.4. The number of aromatic nitrogens is 1. The summed E-state index contributed by atoms with van der Waals surface area (Å²) in [6, 6.07) is 7.84. The molecular weight excluding hydrogens is 341 g/mol. The molecule has 9 heteroatoms. The Balaban J connectivity index is 2.48. The van der Waals surface area contributed by atoms with Crippen molar-refractivity contribution >= 4 is 27.2 Å². The van der Waals surface area contributed by atoms with Gasteiger partial charge in [-0.1, -0.05) is 34.7 Å². The van der Waals surface area contributed by atoms with E-state index in [0.717, 1.165) is 17.4 Å². The van der Waals surface area contributed by atoms with Crippen LogP contribution in [-0.4, -0.2) is 4.98 Å². The van der Waals surface area contributed by atoms with E-state index in [2.05, 4.69) is 15.0 Å². The number of hydrogen-bond acceptors (Lipinski definition) is 4. The lowest BCUT2D eigenvalue weighted by Crippen LogP contribution is -2.10. The van der Waals surface area contributed by atoms with Gasteiger partial charge in [-0.3, -0.25) is 9.78 Å². The van der Waals surface area contributed by atoms with Gasteiger partial charge in [0.25, 0.3) is 0 Å². The van der Waals surface area contributed by atoms with Gasteiger partial charge in [-0.05, 0) is 29.3 Å². The summed E-state index contributed by atoms with van der Waals surface area (Å²) in [5, 5.41) is 3.45. The van der Waals surface area contributed by atoms with Gasteiger partial charge in [0.2, 0.25) is 4.74 Å². The van der Waals surface area contributed by atoms with Gasteiger partial charge in [0.05, 0.1) is 27.0 Å². The molecule has 3 rings (SSSR count). The third-order valence-electron chi connectivity index (χ3n) is 3.29. The van der Waals surface area contributed by atoms with Gasteiger partial charge in [-0.15, -0.1) is 0 Å². The second kappa shape index (κ2) is 5.95. The van der Waals surface area contributed by atoms with E-state index >= 15 is 0 Å². The van der Waals surface area contributed by atoms with E-state index in [9.17, 15) is 18.0 Å². The van der Waals surface area contributed by atoms with Crippen LogP contribution in [0.15, 0.2) is 52.5 Å². The van der Waals surface area contributed by atoms with E-state index in [0.29, 0.717) is 4.70 Å². The average molecular weight is 348 g/mol. The lowest BCUT2D eigenvalue weighted by molar-refractivity contribution is -0.137. The molecule has 1 aromatic carbocycles. The summed E-state index contributed by atoms with van der Waals surface area (Å²) in [6.07, 6.45) is -3.24. The Morgan fingerprint density at radius 1 is 1.17 bits per heavy atom. The molecule has 120 valence electrons. The quantitative estimate of drug-likeness (QED) is 0.358. The normalized spacial score (nSPS) is 11.3. The standard InChI is InChI=1S/C15H7F3N4OS/c16-15(17,18)9-5-2-1-4-8(9)11-13(21-22-19)12-10(24-14(11)23)6-3-7-20-12/h1-7H. The third-order valence-corrected chi connectivity index (χ3v) is 4.22. The van der Waals surface area contributed by atoms with E-state index in [1.165, 1.54) is 24.4 Å². The molecule has 0 amide bonds. The molecular formula is C15H7F3N4OS. The molecule has 2 aromatic heterocycles. The fourth-order valence-electron chi connectivity index (χ4n) is 2.34. The first kappa shape index (κ1) is 16.0. The van der Waals surface area contributed by atoms with Gasteiger partial charge in [0.1, 0.15) is 0 Å². The van der Waals surface area contributed by atoms with Gasteiger partial charge in [0.15, 0.2) is 0 Å². The van der Waals surface area contributed by atoms with Crippen molar-refractivity contribution in [3.8, 4) is 11.1 Å². The molecule has 0 bridgehead atoms. The molecule has 24 heavy (non-hydrogen) atoms. The molecule has 0 saturated carbocycles. The van der Waals surface area contributed by atoms with Crippen LogP contribution in [0.1, 0.15) is 5.56 Å². The molecule has 0 unspecified atom stereocenters.